The number of hydrogen-bond acceptors (Lipinski definition) is 3. The number of pyridine rings is 1. The van der Waals surface area contributed by atoms with Gasteiger partial charge in [0.15, 0.2) is 5.96 Å². The van der Waals surface area contributed by atoms with Gasteiger partial charge in [0.25, 0.3) is 0 Å². The van der Waals surface area contributed by atoms with Gasteiger partial charge in [-0.3, -0.25) is 9.98 Å². The molecule has 0 saturated carbocycles. The fourth-order valence-corrected chi connectivity index (χ4v) is 2.64. The highest BCUT2D eigenvalue weighted by Crippen LogP contribution is 2.23. The van der Waals surface area contributed by atoms with E-state index in [1.807, 2.05) is 38.2 Å². The number of hydrogen-bond donors (Lipinski definition) is 2. The zero-order valence-corrected chi connectivity index (χ0v) is 15.1. The van der Waals surface area contributed by atoms with Crippen molar-refractivity contribution in [2.75, 3.05) is 14.2 Å². The van der Waals surface area contributed by atoms with Crippen LogP contribution in [0, 0.1) is 13.8 Å². The summed E-state index contributed by atoms with van der Waals surface area (Å²) in [5.41, 5.74) is 4.26. The second-order valence-corrected chi connectivity index (χ2v) is 5.75. The van der Waals surface area contributed by atoms with Crippen molar-refractivity contribution in [3.05, 3.63) is 58.9 Å². The minimum absolute atomic E-state index is 0.166. The molecule has 0 spiro atoms. The summed E-state index contributed by atoms with van der Waals surface area (Å²) >= 11 is 0. The van der Waals surface area contributed by atoms with Gasteiger partial charge < -0.3 is 15.4 Å². The molecule has 2 rings (SSSR count). The Kier molecular flexibility index (Phi) is 6.18. The molecule has 5 heteroatoms. The lowest BCUT2D eigenvalue weighted by Crippen LogP contribution is -2.38. The van der Waals surface area contributed by atoms with Crippen molar-refractivity contribution < 1.29 is 4.74 Å². The van der Waals surface area contributed by atoms with Gasteiger partial charge in [0.2, 0.25) is 0 Å². The van der Waals surface area contributed by atoms with Gasteiger partial charge in [-0.2, -0.15) is 0 Å². The molecule has 2 aromatic rings. The third-order valence-corrected chi connectivity index (χ3v) is 4.05. The molecule has 128 valence electrons. The largest absolute Gasteiger partial charge is 0.496 e. The summed E-state index contributed by atoms with van der Waals surface area (Å²) in [6.07, 6.45) is 1.84. The Morgan fingerprint density at radius 3 is 2.58 bits per heavy atom. The topological polar surface area (TPSA) is 58.5 Å². The molecule has 0 aliphatic carbocycles. The van der Waals surface area contributed by atoms with Crippen LogP contribution in [0.15, 0.2) is 41.5 Å². The Labute approximate surface area is 144 Å². The maximum Gasteiger partial charge on any atom is 0.191 e. The van der Waals surface area contributed by atoms with E-state index in [1.54, 1.807) is 14.2 Å². The van der Waals surface area contributed by atoms with Crippen molar-refractivity contribution >= 4 is 5.96 Å². The van der Waals surface area contributed by atoms with Gasteiger partial charge in [0.1, 0.15) is 5.75 Å². The fraction of sp³-hybridized carbons (Fsp3) is 0.368. The van der Waals surface area contributed by atoms with Crippen LogP contribution in [0.4, 0.5) is 0 Å². The van der Waals surface area contributed by atoms with Crippen LogP contribution in [0.25, 0.3) is 0 Å². The molecule has 1 unspecified atom stereocenters. The van der Waals surface area contributed by atoms with Gasteiger partial charge >= 0.3 is 0 Å². The van der Waals surface area contributed by atoms with Crippen LogP contribution in [0.3, 0.4) is 0 Å². The molecule has 0 fully saturated rings. The molecule has 2 N–H and O–H groups in total. The molecule has 0 radical (unpaired) electrons. The highest BCUT2D eigenvalue weighted by molar-refractivity contribution is 5.80. The molecule has 0 saturated heterocycles. The van der Waals surface area contributed by atoms with Crippen molar-refractivity contribution in [1.82, 2.24) is 15.6 Å². The van der Waals surface area contributed by atoms with Crippen molar-refractivity contribution in [2.24, 2.45) is 4.99 Å². The van der Waals surface area contributed by atoms with Gasteiger partial charge in [-0.15, -0.1) is 0 Å². The van der Waals surface area contributed by atoms with Crippen LogP contribution in [-0.2, 0) is 6.54 Å². The summed E-state index contributed by atoms with van der Waals surface area (Å²) < 4.78 is 5.46. The van der Waals surface area contributed by atoms with Crippen LogP contribution in [-0.4, -0.2) is 25.1 Å². The summed E-state index contributed by atoms with van der Waals surface area (Å²) in [6, 6.07) is 10.5. The second-order valence-electron chi connectivity index (χ2n) is 5.75. The maximum absolute atomic E-state index is 5.46. The number of benzene rings is 1. The van der Waals surface area contributed by atoms with E-state index in [0.717, 1.165) is 28.5 Å². The number of rotatable bonds is 5. The molecule has 0 bridgehead atoms. The standard InChI is InChI=1S/C19H26N4O/c1-13-11-21-17(14(2)18(13)24-5)12-22-19(20-4)23-15(3)16-9-7-6-8-10-16/h6-11,15H,12H2,1-5H3,(H2,20,22,23). The smallest absolute Gasteiger partial charge is 0.191 e. The van der Waals surface area contributed by atoms with E-state index in [-0.39, 0.29) is 6.04 Å². The second kappa shape index (κ2) is 8.34. The minimum Gasteiger partial charge on any atom is -0.496 e. The molecule has 0 aliphatic rings. The van der Waals surface area contributed by atoms with E-state index in [0.29, 0.717) is 6.54 Å². The average molecular weight is 326 g/mol. The van der Waals surface area contributed by atoms with Gasteiger partial charge in [-0.1, -0.05) is 30.3 Å². The number of aromatic nitrogens is 1. The van der Waals surface area contributed by atoms with E-state index in [2.05, 4.69) is 39.7 Å². The first kappa shape index (κ1) is 17.8. The zero-order valence-electron chi connectivity index (χ0n) is 15.1. The number of aliphatic imine (C=N–C) groups is 1. The Balaban J connectivity index is 2.02. The normalized spacial score (nSPS) is 12.6. The van der Waals surface area contributed by atoms with E-state index < -0.39 is 0 Å². The van der Waals surface area contributed by atoms with Crippen molar-refractivity contribution in [1.29, 1.82) is 0 Å². The molecule has 1 aromatic carbocycles. The van der Waals surface area contributed by atoms with Gasteiger partial charge in [0.05, 0.1) is 25.4 Å². The fourth-order valence-electron chi connectivity index (χ4n) is 2.64. The number of methoxy groups -OCH3 is 1. The summed E-state index contributed by atoms with van der Waals surface area (Å²) in [5, 5.41) is 6.71. The zero-order chi connectivity index (χ0) is 17.5. The predicted octanol–water partition coefficient (Wildman–Crippen LogP) is 3.13. The lowest BCUT2D eigenvalue weighted by Gasteiger charge is -2.19. The molecular weight excluding hydrogens is 300 g/mol. The van der Waals surface area contributed by atoms with E-state index in [1.165, 1.54) is 5.56 Å². The minimum atomic E-state index is 0.166. The number of nitrogens with zero attached hydrogens (tertiary/aromatic N) is 2. The number of nitrogens with one attached hydrogen (secondary N) is 2. The van der Waals surface area contributed by atoms with Crippen LogP contribution in [0.5, 0.6) is 5.75 Å². The Hall–Kier alpha value is -2.56. The van der Waals surface area contributed by atoms with Crippen LogP contribution >= 0.6 is 0 Å². The van der Waals surface area contributed by atoms with Crippen LogP contribution in [0.2, 0.25) is 0 Å². The molecule has 0 aliphatic heterocycles. The first-order valence-corrected chi connectivity index (χ1v) is 8.08. The lowest BCUT2D eigenvalue weighted by atomic mass is 10.1. The van der Waals surface area contributed by atoms with E-state index >= 15 is 0 Å². The summed E-state index contributed by atoms with van der Waals surface area (Å²) in [7, 11) is 3.46. The summed E-state index contributed by atoms with van der Waals surface area (Å²) in [6.45, 7) is 6.72. The molecule has 5 nitrogen and oxygen atoms in total. The summed E-state index contributed by atoms with van der Waals surface area (Å²) in [4.78, 5) is 8.80. The van der Waals surface area contributed by atoms with Gasteiger partial charge in [-0.25, -0.2) is 0 Å². The monoisotopic (exact) mass is 326 g/mol. The third kappa shape index (κ3) is 4.25. The molecular formula is C19H26N4O. The Bertz CT molecular complexity index is 698. The lowest BCUT2D eigenvalue weighted by molar-refractivity contribution is 0.406. The molecule has 1 aromatic heterocycles. The first-order chi connectivity index (χ1) is 11.6. The maximum atomic E-state index is 5.46. The highest BCUT2D eigenvalue weighted by Gasteiger charge is 2.11. The number of guanidine groups is 1. The summed E-state index contributed by atoms with van der Waals surface area (Å²) in [5.74, 6) is 1.63. The SMILES string of the molecule is CN=C(NCc1ncc(C)c(OC)c1C)NC(C)c1ccccc1. The quantitative estimate of drug-likeness (QED) is 0.655. The van der Waals surface area contributed by atoms with Gasteiger partial charge in [0, 0.05) is 24.4 Å². The van der Waals surface area contributed by atoms with Crippen molar-refractivity contribution in [3.63, 3.8) is 0 Å². The molecule has 1 atom stereocenters. The van der Waals surface area contributed by atoms with Crippen molar-refractivity contribution in [3.8, 4) is 5.75 Å². The number of aryl methyl sites for hydroxylation is 1. The van der Waals surface area contributed by atoms with E-state index in [4.69, 9.17) is 4.74 Å². The number of ether oxygens (including phenoxy) is 1. The molecule has 1 heterocycles. The third-order valence-electron chi connectivity index (χ3n) is 4.05. The Morgan fingerprint density at radius 2 is 1.96 bits per heavy atom. The Morgan fingerprint density at radius 1 is 1.25 bits per heavy atom. The predicted molar refractivity (Wildman–Crippen MR) is 98.5 cm³/mol. The molecule has 0 amide bonds. The van der Waals surface area contributed by atoms with Crippen LogP contribution in [0.1, 0.15) is 35.3 Å². The average Bonchev–Trinajstić information content (AvgIpc) is 2.61. The highest BCUT2D eigenvalue weighted by atomic mass is 16.5. The first-order valence-electron chi connectivity index (χ1n) is 8.08. The molecule has 24 heavy (non-hydrogen) atoms. The van der Waals surface area contributed by atoms with Gasteiger partial charge in [-0.05, 0) is 26.3 Å². The van der Waals surface area contributed by atoms with E-state index in [9.17, 15) is 0 Å². The van der Waals surface area contributed by atoms with Crippen LogP contribution < -0.4 is 15.4 Å². The van der Waals surface area contributed by atoms with Crippen molar-refractivity contribution in [2.45, 2.75) is 33.4 Å².